The summed E-state index contributed by atoms with van der Waals surface area (Å²) in [5.74, 6) is 1.54. The van der Waals surface area contributed by atoms with Crippen LogP contribution in [0.5, 0.6) is 0 Å². The van der Waals surface area contributed by atoms with Gasteiger partial charge < -0.3 is 14.8 Å². The SMILES string of the molecule is CC(CN)Cc1nc(-c2cncn2C)no1. The molecule has 6 nitrogen and oxygen atoms in total. The molecule has 86 valence electrons. The highest BCUT2D eigenvalue weighted by molar-refractivity contribution is 5.46. The van der Waals surface area contributed by atoms with Crippen LogP contribution in [-0.4, -0.2) is 26.2 Å². The molecule has 0 spiro atoms. The number of nitrogens with two attached hydrogens (primary N) is 1. The molecule has 0 amide bonds. The Morgan fingerprint density at radius 2 is 2.38 bits per heavy atom. The lowest BCUT2D eigenvalue weighted by Crippen LogP contribution is -2.13. The monoisotopic (exact) mass is 221 g/mol. The normalized spacial score (nSPS) is 12.9. The van der Waals surface area contributed by atoms with Gasteiger partial charge in [-0.1, -0.05) is 12.1 Å². The average molecular weight is 221 g/mol. The molecule has 0 saturated carbocycles. The summed E-state index contributed by atoms with van der Waals surface area (Å²) in [6, 6.07) is 0. The molecular weight excluding hydrogens is 206 g/mol. The van der Waals surface area contributed by atoms with Gasteiger partial charge >= 0.3 is 0 Å². The van der Waals surface area contributed by atoms with E-state index < -0.39 is 0 Å². The molecule has 0 saturated heterocycles. The van der Waals surface area contributed by atoms with E-state index in [9.17, 15) is 0 Å². The smallest absolute Gasteiger partial charge is 0.227 e. The fourth-order valence-electron chi connectivity index (χ4n) is 1.40. The largest absolute Gasteiger partial charge is 0.339 e. The average Bonchev–Trinajstić information content (AvgIpc) is 2.86. The van der Waals surface area contributed by atoms with E-state index in [2.05, 4.69) is 15.1 Å². The topological polar surface area (TPSA) is 82.8 Å². The number of aromatic nitrogens is 4. The predicted molar refractivity (Wildman–Crippen MR) is 58.4 cm³/mol. The minimum absolute atomic E-state index is 0.347. The third kappa shape index (κ3) is 2.11. The van der Waals surface area contributed by atoms with Crippen molar-refractivity contribution in [1.29, 1.82) is 0 Å². The molecule has 0 aliphatic carbocycles. The molecule has 2 rings (SSSR count). The zero-order valence-corrected chi connectivity index (χ0v) is 9.42. The number of imidazole rings is 1. The lowest BCUT2D eigenvalue weighted by molar-refractivity contribution is 0.359. The summed E-state index contributed by atoms with van der Waals surface area (Å²) in [6.45, 7) is 2.66. The van der Waals surface area contributed by atoms with Gasteiger partial charge in [-0.15, -0.1) is 0 Å². The molecule has 2 aromatic heterocycles. The van der Waals surface area contributed by atoms with Crippen LogP contribution in [0.4, 0.5) is 0 Å². The lowest BCUT2D eigenvalue weighted by Gasteiger charge is -2.01. The Morgan fingerprint density at radius 1 is 1.56 bits per heavy atom. The van der Waals surface area contributed by atoms with Crippen molar-refractivity contribution in [2.75, 3.05) is 6.54 Å². The number of aryl methyl sites for hydroxylation is 1. The second-order valence-corrected chi connectivity index (χ2v) is 3.95. The van der Waals surface area contributed by atoms with E-state index in [1.54, 1.807) is 12.5 Å². The van der Waals surface area contributed by atoms with Crippen molar-refractivity contribution >= 4 is 0 Å². The fraction of sp³-hybridized carbons (Fsp3) is 0.500. The Balaban J connectivity index is 2.17. The summed E-state index contributed by atoms with van der Waals surface area (Å²) in [6.07, 6.45) is 4.12. The number of rotatable bonds is 4. The fourth-order valence-corrected chi connectivity index (χ4v) is 1.40. The van der Waals surface area contributed by atoms with E-state index in [0.717, 1.165) is 5.69 Å². The third-order valence-corrected chi connectivity index (χ3v) is 2.44. The van der Waals surface area contributed by atoms with Crippen molar-refractivity contribution in [3.05, 3.63) is 18.4 Å². The van der Waals surface area contributed by atoms with Gasteiger partial charge in [0.05, 0.1) is 12.5 Å². The summed E-state index contributed by atoms with van der Waals surface area (Å²) in [5, 5.41) is 3.92. The van der Waals surface area contributed by atoms with E-state index in [1.807, 2.05) is 18.5 Å². The summed E-state index contributed by atoms with van der Waals surface area (Å²) in [7, 11) is 1.89. The molecule has 0 aromatic carbocycles. The molecule has 0 aliphatic heterocycles. The zero-order chi connectivity index (χ0) is 11.5. The highest BCUT2D eigenvalue weighted by atomic mass is 16.5. The third-order valence-electron chi connectivity index (χ3n) is 2.44. The van der Waals surface area contributed by atoms with Gasteiger partial charge in [0.2, 0.25) is 11.7 Å². The van der Waals surface area contributed by atoms with Gasteiger partial charge in [0.25, 0.3) is 0 Å². The van der Waals surface area contributed by atoms with Crippen LogP contribution in [0.1, 0.15) is 12.8 Å². The first-order chi connectivity index (χ1) is 7.70. The van der Waals surface area contributed by atoms with Crippen LogP contribution in [0.25, 0.3) is 11.5 Å². The Hall–Kier alpha value is -1.69. The predicted octanol–water partition coefficient (Wildman–Crippen LogP) is 0.607. The molecule has 1 atom stereocenters. The van der Waals surface area contributed by atoms with Crippen molar-refractivity contribution in [3.8, 4) is 11.5 Å². The molecule has 16 heavy (non-hydrogen) atoms. The van der Waals surface area contributed by atoms with Gasteiger partial charge in [0.15, 0.2) is 0 Å². The second kappa shape index (κ2) is 4.44. The van der Waals surface area contributed by atoms with Crippen molar-refractivity contribution < 1.29 is 4.52 Å². The molecule has 2 heterocycles. The Labute approximate surface area is 93.5 Å². The molecular formula is C10H15N5O. The molecule has 0 fully saturated rings. The van der Waals surface area contributed by atoms with Gasteiger partial charge in [-0.2, -0.15) is 4.98 Å². The minimum Gasteiger partial charge on any atom is -0.339 e. The van der Waals surface area contributed by atoms with Gasteiger partial charge in [-0.25, -0.2) is 4.98 Å². The molecule has 2 N–H and O–H groups in total. The standard InChI is InChI=1S/C10H15N5O/c1-7(4-11)3-9-13-10(14-16-9)8-5-12-6-15(8)2/h5-7H,3-4,11H2,1-2H3. The number of nitrogens with zero attached hydrogens (tertiary/aromatic N) is 4. The maximum atomic E-state index is 5.54. The van der Waals surface area contributed by atoms with Crippen LogP contribution in [0, 0.1) is 5.92 Å². The van der Waals surface area contributed by atoms with E-state index in [4.69, 9.17) is 10.3 Å². The molecule has 1 unspecified atom stereocenters. The summed E-state index contributed by atoms with van der Waals surface area (Å²) in [5.41, 5.74) is 6.38. The highest BCUT2D eigenvalue weighted by Crippen LogP contribution is 2.15. The Kier molecular flexibility index (Phi) is 3.00. The van der Waals surface area contributed by atoms with Gasteiger partial charge in [0, 0.05) is 13.5 Å². The van der Waals surface area contributed by atoms with Crippen LogP contribution < -0.4 is 5.73 Å². The maximum absolute atomic E-state index is 5.54. The van der Waals surface area contributed by atoms with E-state index in [-0.39, 0.29) is 0 Å². The second-order valence-electron chi connectivity index (χ2n) is 3.95. The molecule has 0 aliphatic rings. The van der Waals surface area contributed by atoms with Gasteiger partial charge in [0.1, 0.15) is 5.69 Å². The van der Waals surface area contributed by atoms with E-state index in [1.165, 1.54) is 0 Å². The van der Waals surface area contributed by atoms with Crippen LogP contribution in [0.15, 0.2) is 17.0 Å². The quantitative estimate of drug-likeness (QED) is 0.817. The van der Waals surface area contributed by atoms with Gasteiger partial charge in [-0.05, 0) is 12.5 Å². The summed E-state index contributed by atoms with van der Waals surface area (Å²) >= 11 is 0. The van der Waals surface area contributed by atoms with Crippen LogP contribution >= 0.6 is 0 Å². The van der Waals surface area contributed by atoms with Crippen molar-refractivity contribution in [2.45, 2.75) is 13.3 Å². The van der Waals surface area contributed by atoms with Crippen LogP contribution in [0.2, 0.25) is 0 Å². The first-order valence-corrected chi connectivity index (χ1v) is 5.20. The van der Waals surface area contributed by atoms with E-state index in [0.29, 0.717) is 30.6 Å². The first-order valence-electron chi connectivity index (χ1n) is 5.20. The first kappa shape index (κ1) is 10.8. The number of hydrogen-bond donors (Lipinski definition) is 1. The lowest BCUT2D eigenvalue weighted by atomic mass is 10.1. The highest BCUT2D eigenvalue weighted by Gasteiger charge is 2.13. The minimum atomic E-state index is 0.347. The Morgan fingerprint density at radius 3 is 3.00 bits per heavy atom. The molecule has 6 heteroatoms. The van der Waals surface area contributed by atoms with Crippen molar-refractivity contribution in [2.24, 2.45) is 18.7 Å². The van der Waals surface area contributed by atoms with Crippen molar-refractivity contribution in [1.82, 2.24) is 19.7 Å². The van der Waals surface area contributed by atoms with Crippen molar-refractivity contribution in [3.63, 3.8) is 0 Å². The van der Waals surface area contributed by atoms with Crippen LogP contribution in [0.3, 0.4) is 0 Å². The zero-order valence-electron chi connectivity index (χ0n) is 9.42. The molecule has 2 aromatic rings. The van der Waals surface area contributed by atoms with Gasteiger partial charge in [-0.3, -0.25) is 0 Å². The summed E-state index contributed by atoms with van der Waals surface area (Å²) < 4.78 is 7.01. The maximum Gasteiger partial charge on any atom is 0.227 e. The molecule has 0 bridgehead atoms. The Bertz CT molecular complexity index is 461. The number of hydrogen-bond acceptors (Lipinski definition) is 5. The van der Waals surface area contributed by atoms with E-state index >= 15 is 0 Å². The van der Waals surface area contributed by atoms with Crippen LogP contribution in [-0.2, 0) is 13.5 Å². The summed E-state index contributed by atoms with van der Waals surface area (Å²) in [4.78, 5) is 8.31. The molecule has 0 radical (unpaired) electrons.